The Morgan fingerprint density at radius 3 is 2.14 bits per heavy atom. The molecule has 0 heterocycles. The molecule has 184 valence electrons. The summed E-state index contributed by atoms with van der Waals surface area (Å²) >= 11 is 18.2. The van der Waals surface area contributed by atoms with Gasteiger partial charge < -0.3 is 21.1 Å². The Morgan fingerprint density at radius 1 is 0.914 bits per heavy atom. The molecule has 0 saturated carbocycles. The van der Waals surface area contributed by atoms with Gasteiger partial charge in [0.1, 0.15) is 6.04 Å². The zero-order valence-corrected chi connectivity index (χ0v) is 21.1. The molecule has 3 aromatic rings. The Labute approximate surface area is 217 Å². The summed E-state index contributed by atoms with van der Waals surface area (Å²) in [6, 6.07) is 11.7. The van der Waals surface area contributed by atoms with E-state index in [0.29, 0.717) is 17.9 Å². The van der Waals surface area contributed by atoms with Gasteiger partial charge in [-0.05, 0) is 41.5 Å². The monoisotopic (exact) mass is 535 g/mol. The van der Waals surface area contributed by atoms with Crippen molar-refractivity contribution in [1.82, 2.24) is 5.32 Å². The van der Waals surface area contributed by atoms with Crippen LogP contribution in [0.25, 0.3) is 10.8 Å². The van der Waals surface area contributed by atoms with Crippen LogP contribution >= 0.6 is 34.8 Å². The van der Waals surface area contributed by atoms with Crippen molar-refractivity contribution in [3.8, 4) is 0 Å². The summed E-state index contributed by atoms with van der Waals surface area (Å²) < 4.78 is 0. The number of hydrogen-bond acceptors (Lipinski definition) is 3. The van der Waals surface area contributed by atoms with Crippen molar-refractivity contribution in [2.75, 3.05) is 10.6 Å². The smallest absolute Gasteiger partial charge is 0.326 e. The second kappa shape index (κ2) is 12.1. The van der Waals surface area contributed by atoms with E-state index in [1.165, 1.54) is 12.1 Å². The van der Waals surface area contributed by atoms with Gasteiger partial charge in [-0.3, -0.25) is 4.79 Å². The number of amides is 3. The number of rotatable bonds is 9. The molecule has 0 aliphatic rings. The quantitative estimate of drug-likeness (QED) is 0.217. The normalized spacial score (nSPS) is 11.7. The van der Waals surface area contributed by atoms with Gasteiger partial charge in [-0.25, -0.2) is 9.59 Å². The number of carbonyl (C=O) groups is 3. The molecule has 0 aliphatic carbocycles. The average molecular weight is 537 g/mol. The molecule has 3 rings (SSSR count). The van der Waals surface area contributed by atoms with Gasteiger partial charge in [0.2, 0.25) is 0 Å². The van der Waals surface area contributed by atoms with Crippen LogP contribution in [0.2, 0.25) is 15.1 Å². The van der Waals surface area contributed by atoms with Crippen LogP contribution < -0.4 is 16.0 Å². The molecule has 35 heavy (non-hydrogen) atoms. The number of anilines is 2. The van der Waals surface area contributed by atoms with Gasteiger partial charge in [0.15, 0.2) is 0 Å². The highest BCUT2D eigenvalue weighted by molar-refractivity contribution is 6.42. The molecule has 7 nitrogen and oxygen atoms in total. The second-order valence-corrected chi connectivity index (χ2v) is 9.18. The van der Waals surface area contributed by atoms with E-state index in [9.17, 15) is 19.5 Å². The first kappa shape index (κ1) is 26.6. The van der Waals surface area contributed by atoms with E-state index in [4.69, 9.17) is 34.8 Å². The van der Waals surface area contributed by atoms with Gasteiger partial charge in [0.25, 0.3) is 5.91 Å². The summed E-state index contributed by atoms with van der Waals surface area (Å²) in [6.45, 7) is 2.01. The molecule has 0 radical (unpaired) electrons. The number of urea groups is 1. The second-order valence-electron chi connectivity index (χ2n) is 7.93. The first-order valence-electron chi connectivity index (χ1n) is 11.0. The molecular formula is C25H24Cl3N3O4. The van der Waals surface area contributed by atoms with E-state index in [0.717, 1.165) is 23.6 Å². The maximum Gasteiger partial charge on any atom is 0.326 e. The fourth-order valence-corrected chi connectivity index (χ4v) is 4.46. The Balaban J connectivity index is 1.89. The van der Waals surface area contributed by atoms with Crippen LogP contribution in [-0.4, -0.2) is 29.1 Å². The molecule has 1 atom stereocenters. The zero-order valence-electron chi connectivity index (χ0n) is 18.8. The number of hydrogen-bond donors (Lipinski definition) is 4. The number of unbranched alkanes of at least 4 members (excludes halogenated alkanes) is 2. The summed E-state index contributed by atoms with van der Waals surface area (Å²) in [5.74, 6) is -1.73. The van der Waals surface area contributed by atoms with Gasteiger partial charge in [0.05, 0.1) is 27.0 Å². The van der Waals surface area contributed by atoms with Crippen molar-refractivity contribution in [2.24, 2.45) is 0 Å². The first-order valence-corrected chi connectivity index (χ1v) is 12.1. The number of carboxylic acids is 1. The number of benzene rings is 3. The molecule has 3 amide bonds. The van der Waals surface area contributed by atoms with Crippen LogP contribution in [-0.2, 0) is 4.79 Å². The maximum atomic E-state index is 13.1. The lowest BCUT2D eigenvalue weighted by Gasteiger charge is -2.18. The molecule has 0 saturated heterocycles. The minimum absolute atomic E-state index is 0.119. The lowest BCUT2D eigenvalue weighted by atomic mass is 10.0. The lowest BCUT2D eigenvalue weighted by molar-refractivity contribution is -0.139. The van der Waals surface area contributed by atoms with Crippen LogP contribution in [0.15, 0.2) is 48.5 Å². The fraction of sp³-hybridized carbons (Fsp3) is 0.240. The minimum Gasteiger partial charge on any atom is -0.480 e. The standard InChI is InChI=1S/C25H24Cl3N3O4/c1-2-3-4-9-20(24(33)34)29-23(32)17-10-14-7-5-6-8-15(14)11-21(17)30-25(35)31-22-18(27)12-16(26)13-19(22)28/h5-8,10-13,20H,2-4,9H2,1H3,(H,29,32)(H,33,34)(H2,30,31,35). The Kier molecular flexibility index (Phi) is 9.20. The topological polar surface area (TPSA) is 108 Å². The van der Waals surface area contributed by atoms with Crippen LogP contribution in [0.1, 0.15) is 43.0 Å². The molecule has 0 aliphatic heterocycles. The van der Waals surface area contributed by atoms with Gasteiger partial charge in [-0.2, -0.15) is 0 Å². The number of carboxylic acid groups (broad SMARTS) is 1. The lowest BCUT2D eigenvalue weighted by Crippen LogP contribution is -2.41. The summed E-state index contributed by atoms with van der Waals surface area (Å²) in [5, 5.41) is 19.5. The third kappa shape index (κ3) is 7.01. The average Bonchev–Trinajstić information content (AvgIpc) is 2.80. The number of halogens is 3. The van der Waals surface area contributed by atoms with Crippen molar-refractivity contribution < 1.29 is 19.5 Å². The summed E-state index contributed by atoms with van der Waals surface area (Å²) in [7, 11) is 0. The highest BCUT2D eigenvalue weighted by Gasteiger charge is 2.23. The predicted octanol–water partition coefficient (Wildman–Crippen LogP) is 7.21. The van der Waals surface area contributed by atoms with Crippen LogP contribution in [0.3, 0.4) is 0 Å². The van der Waals surface area contributed by atoms with E-state index in [-0.39, 0.29) is 27.0 Å². The molecule has 0 bridgehead atoms. The largest absolute Gasteiger partial charge is 0.480 e. The minimum atomic E-state index is -1.12. The number of carbonyl (C=O) groups excluding carboxylic acids is 2. The van der Waals surface area contributed by atoms with Gasteiger partial charge in [-0.1, -0.05) is 85.3 Å². The fourth-order valence-electron chi connectivity index (χ4n) is 3.55. The third-order valence-electron chi connectivity index (χ3n) is 5.32. The van der Waals surface area contributed by atoms with Crippen molar-refractivity contribution in [3.05, 3.63) is 69.2 Å². The molecule has 0 fully saturated rings. The van der Waals surface area contributed by atoms with Crippen LogP contribution in [0, 0.1) is 0 Å². The molecule has 3 aromatic carbocycles. The van der Waals surface area contributed by atoms with Crippen molar-refractivity contribution in [1.29, 1.82) is 0 Å². The summed E-state index contributed by atoms with van der Waals surface area (Å²) in [5.41, 5.74) is 0.468. The van der Waals surface area contributed by atoms with Crippen LogP contribution in [0.4, 0.5) is 16.2 Å². The molecule has 4 N–H and O–H groups in total. The molecular weight excluding hydrogens is 513 g/mol. The van der Waals surface area contributed by atoms with E-state index in [1.807, 2.05) is 31.2 Å². The number of aliphatic carboxylic acids is 1. The third-order valence-corrected chi connectivity index (χ3v) is 6.14. The number of nitrogens with one attached hydrogen (secondary N) is 3. The Bertz CT molecular complexity index is 1240. The SMILES string of the molecule is CCCCCC(NC(=O)c1cc2ccccc2cc1NC(=O)Nc1c(Cl)cc(Cl)cc1Cl)C(=O)O. The van der Waals surface area contributed by atoms with Crippen molar-refractivity contribution >= 4 is 74.9 Å². The highest BCUT2D eigenvalue weighted by atomic mass is 35.5. The van der Waals surface area contributed by atoms with E-state index >= 15 is 0 Å². The van der Waals surface area contributed by atoms with Gasteiger partial charge in [0, 0.05) is 5.02 Å². The van der Waals surface area contributed by atoms with Crippen molar-refractivity contribution in [2.45, 2.75) is 38.6 Å². The highest BCUT2D eigenvalue weighted by Crippen LogP contribution is 2.34. The van der Waals surface area contributed by atoms with Gasteiger partial charge >= 0.3 is 12.0 Å². The molecule has 10 heteroatoms. The molecule has 0 spiro atoms. The molecule has 1 unspecified atom stereocenters. The number of fused-ring (bicyclic) bond motifs is 1. The van der Waals surface area contributed by atoms with Crippen LogP contribution in [0.5, 0.6) is 0 Å². The van der Waals surface area contributed by atoms with E-state index < -0.39 is 23.9 Å². The van der Waals surface area contributed by atoms with E-state index in [2.05, 4.69) is 16.0 Å². The summed E-state index contributed by atoms with van der Waals surface area (Å²) in [4.78, 5) is 37.6. The predicted molar refractivity (Wildman–Crippen MR) is 141 cm³/mol. The molecule has 0 aromatic heterocycles. The van der Waals surface area contributed by atoms with E-state index in [1.54, 1.807) is 12.1 Å². The Hall–Kier alpha value is -3.00. The zero-order chi connectivity index (χ0) is 25.5. The maximum absolute atomic E-state index is 13.1. The first-order chi connectivity index (χ1) is 16.7. The Morgan fingerprint density at radius 2 is 1.54 bits per heavy atom. The van der Waals surface area contributed by atoms with Gasteiger partial charge in [-0.15, -0.1) is 0 Å². The summed E-state index contributed by atoms with van der Waals surface area (Å²) in [6.07, 6.45) is 2.76. The van der Waals surface area contributed by atoms with Crippen molar-refractivity contribution in [3.63, 3.8) is 0 Å².